The minimum atomic E-state index is -3.67. The predicted octanol–water partition coefficient (Wildman–Crippen LogP) is 0.739. The van der Waals surface area contributed by atoms with Crippen LogP contribution in [0.3, 0.4) is 0 Å². The second-order valence-corrected chi connectivity index (χ2v) is 7.72. The van der Waals surface area contributed by atoms with Gasteiger partial charge in [-0.25, -0.2) is 8.42 Å². The SMILES string of the molecule is Cc1cc(N)cc(S(=O)(=O)N(C)CC2(O)CCOCC2)c1. The first-order valence-corrected chi connectivity index (χ1v) is 8.31. The highest BCUT2D eigenvalue weighted by Gasteiger charge is 2.35. The maximum Gasteiger partial charge on any atom is 0.242 e. The maximum absolute atomic E-state index is 12.6. The Hall–Kier alpha value is -1.15. The molecule has 0 spiro atoms. The molecular formula is C14H22N2O4S. The van der Waals surface area contributed by atoms with Crippen LogP contribution in [0, 0.1) is 6.92 Å². The van der Waals surface area contributed by atoms with Crippen molar-refractivity contribution in [1.29, 1.82) is 0 Å². The first-order valence-electron chi connectivity index (χ1n) is 6.87. The number of nitrogens with zero attached hydrogens (tertiary/aromatic N) is 1. The molecule has 118 valence electrons. The van der Waals surface area contributed by atoms with Crippen molar-refractivity contribution in [3.8, 4) is 0 Å². The maximum atomic E-state index is 12.6. The minimum absolute atomic E-state index is 0.0482. The fourth-order valence-electron chi connectivity index (χ4n) is 2.51. The van der Waals surface area contributed by atoms with Crippen LogP contribution in [0.1, 0.15) is 18.4 Å². The smallest absolute Gasteiger partial charge is 0.242 e. The normalized spacial score (nSPS) is 18.9. The zero-order chi connectivity index (χ0) is 15.7. The second-order valence-electron chi connectivity index (χ2n) is 5.68. The number of hydrogen-bond donors (Lipinski definition) is 2. The Morgan fingerprint density at radius 2 is 1.95 bits per heavy atom. The molecule has 0 unspecified atom stereocenters. The van der Waals surface area contributed by atoms with Gasteiger partial charge >= 0.3 is 0 Å². The third-order valence-corrected chi connectivity index (χ3v) is 5.50. The molecule has 6 nitrogen and oxygen atoms in total. The average Bonchev–Trinajstić information content (AvgIpc) is 2.37. The van der Waals surface area contributed by atoms with Crippen LogP contribution < -0.4 is 5.73 Å². The first kappa shape index (κ1) is 16.2. The number of hydrogen-bond acceptors (Lipinski definition) is 5. The number of nitrogens with two attached hydrogens (primary N) is 1. The Morgan fingerprint density at radius 1 is 1.33 bits per heavy atom. The Morgan fingerprint density at radius 3 is 2.52 bits per heavy atom. The number of aryl methyl sites for hydroxylation is 1. The molecular weight excluding hydrogens is 292 g/mol. The lowest BCUT2D eigenvalue weighted by Gasteiger charge is -2.35. The summed E-state index contributed by atoms with van der Waals surface area (Å²) >= 11 is 0. The lowest BCUT2D eigenvalue weighted by atomic mass is 9.95. The van der Waals surface area contributed by atoms with Gasteiger partial charge in [0.2, 0.25) is 10.0 Å². The lowest BCUT2D eigenvalue weighted by Crippen LogP contribution is -2.47. The summed E-state index contributed by atoms with van der Waals surface area (Å²) in [6.45, 7) is 2.73. The molecule has 1 saturated heterocycles. The summed E-state index contributed by atoms with van der Waals surface area (Å²) in [5.74, 6) is 0. The molecule has 0 bridgehead atoms. The van der Waals surface area contributed by atoms with Crippen LogP contribution in [-0.4, -0.2) is 50.2 Å². The van der Waals surface area contributed by atoms with Gasteiger partial charge in [0, 0.05) is 45.3 Å². The van der Waals surface area contributed by atoms with Crippen LogP contribution in [0.2, 0.25) is 0 Å². The van der Waals surface area contributed by atoms with Gasteiger partial charge in [-0.3, -0.25) is 0 Å². The fourth-order valence-corrected chi connectivity index (χ4v) is 3.90. The number of ether oxygens (including phenoxy) is 1. The standard InChI is InChI=1S/C14H22N2O4S/c1-11-7-12(15)9-13(8-11)21(18,19)16(2)10-14(17)3-5-20-6-4-14/h7-9,17H,3-6,10,15H2,1-2H3. The summed E-state index contributed by atoms with van der Waals surface area (Å²) < 4.78 is 31.6. The van der Waals surface area contributed by atoms with Crippen LogP contribution in [0.15, 0.2) is 23.1 Å². The van der Waals surface area contributed by atoms with E-state index in [0.717, 1.165) is 5.56 Å². The number of sulfonamides is 1. The van der Waals surface area contributed by atoms with Crippen LogP contribution in [0.5, 0.6) is 0 Å². The van der Waals surface area contributed by atoms with Gasteiger partial charge in [-0.15, -0.1) is 0 Å². The Balaban J connectivity index is 2.22. The molecule has 1 aliphatic rings. The highest BCUT2D eigenvalue weighted by atomic mass is 32.2. The molecule has 0 aliphatic carbocycles. The summed E-state index contributed by atoms with van der Waals surface area (Å²) in [5, 5.41) is 10.5. The van der Waals surface area contributed by atoms with E-state index in [2.05, 4.69) is 0 Å². The number of likely N-dealkylation sites (N-methyl/N-ethyl adjacent to an activating group) is 1. The third kappa shape index (κ3) is 3.74. The van der Waals surface area contributed by atoms with E-state index in [1.807, 2.05) is 0 Å². The van der Waals surface area contributed by atoms with Crippen LogP contribution in [0.25, 0.3) is 0 Å². The number of rotatable bonds is 4. The van der Waals surface area contributed by atoms with Crippen molar-refractivity contribution in [3.63, 3.8) is 0 Å². The molecule has 0 radical (unpaired) electrons. The Kier molecular flexibility index (Phi) is 4.57. The Bertz CT molecular complexity index is 589. The van der Waals surface area contributed by atoms with Crippen LogP contribution >= 0.6 is 0 Å². The average molecular weight is 314 g/mol. The van der Waals surface area contributed by atoms with Crippen LogP contribution in [-0.2, 0) is 14.8 Å². The van der Waals surface area contributed by atoms with E-state index in [9.17, 15) is 13.5 Å². The van der Waals surface area contributed by atoms with E-state index >= 15 is 0 Å². The Labute approximate surface area is 125 Å². The molecule has 0 amide bonds. The molecule has 0 atom stereocenters. The topological polar surface area (TPSA) is 92.9 Å². The van der Waals surface area contributed by atoms with Gasteiger partial charge in [-0.2, -0.15) is 4.31 Å². The molecule has 0 aromatic heterocycles. The van der Waals surface area contributed by atoms with Crippen molar-refractivity contribution in [1.82, 2.24) is 4.31 Å². The highest BCUT2D eigenvalue weighted by Crippen LogP contribution is 2.25. The minimum Gasteiger partial charge on any atom is -0.399 e. The lowest BCUT2D eigenvalue weighted by molar-refractivity contribution is -0.0689. The van der Waals surface area contributed by atoms with Crippen molar-refractivity contribution in [2.24, 2.45) is 0 Å². The van der Waals surface area contributed by atoms with Crippen molar-refractivity contribution in [3.05, 3.63) is 23.8 Å². The second kappa shape index (κ2) is 5.92. The zero-order valence-corrected chi connectivity index (χ0v) is 13.2. The summed E-state index contributed by atoms with van der Waals surface area (Å²) in [6, 6.07) is 4.73. The number of benzene rings is 1. The highest BCUT2D eigenvalue weighted by molar-refractivity contribution is 7.89. The zero-order valence-electron chi connectivity index (χ0n) is 12.4. The van der Waals surface area contributed by atoms with Crippen molar-refractivity contribution >= 4 is 15.7 Å². The van der Waals surface area contributed by atoms with E-state index < -0.39 is 15.6 Å². The molecule has 1 aromatic rings. The van der Waals surface area contributed by atoms with Gasteiger partial charge < -0.3 is 15.6 Å². The quantitative estimate of drug-likeness (QED) is 0.800. The molecule has 1 heterocycles. The van der Waals surface area contributed by atoms with E-state index in [0.29, 0.717) is 31.7 Å². The summed E-state index contributed by atoms with van der Waals surface area (Å²) in [5.41, 5.74) is 5.88. The molecule has 0 saturated carbocycles. The largest absolute Gasteiger partial charge is 0.399 e. The van der Waals surface area contributed by atoms with E-state index in [1.165, 1.54) is 17.4 Å². The third-order valence-electron chi connectivity index (χ3n) is 3.72. The van der Waals surface area contributed by atoms with Gasteiger partial charge in [-0.1, -0.05) is 0 Å². The van der Waals surface area contributed by atoms with Crippen molar-refractivity contribution in [2.75, 3.05) is 32.5 Å². The molecule has 1 aliphatic heterocycles. The first-order chi connectivity index (χ1) is 9.73. The van der Waals surface area contributed by atoms with Gasteiger partial charge in [-0.05, 0) is 30.7 Å². The van der Waals surface area contributed by atoms with Crippen molar-refractivity contribution < 1.29 is 18.3 Å². The number of anilines is 1. The van der Waals surface area contributed by atoms with Crippen LogP contribution in [0.4, 0.5) is 5.69 Å². The van der Waals surface area contributed by atoms with E-state index in [1.54, 1.807) is 19.1 Å². The van der Waals surface area contributed by atoms with Gasteiger partial charge in [0.25, 0.3) is 0 Å². The summed E-state index contributed by atoms with van der Waals surface area (Å²) in [4.78, 5) is 0.151. The molecule has 1 aromatic carbocycles. The molecule has 2 rings (SSSR count). The monoisotopic (exact) mass is 314 g/mol. The van der Waals surface area contributed by atoms with Gasteiger partial charge in [0.05, 0.1) is 10.5 Å². The molecule has 3 N–H and O–H groups in total. The fraction of sp³-hybridized carbons (Fsp3) is 0.571. The predicted molar refractivity (Wildman–Crippen MR) is 80.4 cm³/mol. The summed E-state index contributed by atoms with van der Waals surface area (Å²) in [7, 11) is -2.20. The molecule has 1 fully saturated rings. The van der Waals surface area contributed by atoms with Gasteiger partial charge in [0.1, 0.15) is 0 Å². The summed E-state index contributed by atoms with van der Waals surface area (Å²) in [6.07, 6.45) is 0.867. The number of aliphatic hydroxyl groups is 1. The number of nitrogen functional groups attached to an aromatic ring is 1. The molecule has 7 heteroatoms. The van der Waals surface area contributed by atoms with Crippen molar-refractivity contribution in [2.45, 2.75) is 30.3 Å². The van der Waals surface area contributed by atoms with E-state index in [-0.39, 0.29) is 11.4 Å². The van der Waals surface area contributed by atoms with E-state index in [4.69, 9.17) is 10.5 Å². The molecule has 21 heavy (non-hydrogen) atoms. The van der Waals surface area contributed by atoms with Gasteiger partial charge in [0.15, 0.2) is 0 Å².